The number of hydrogen-bond donors (Lipinski definition) is 1. The molecule has 0 aliphatic carbocycles. The van der Waals surface area contributed by atoms with E-state index in [9.17, 15) is 0 Å². The Bertz CT molecular complexity index is 485. The minimum absolute atomic E-state index is 0.138. The molecule has 1 heterocycles. The summed E-state index contributed by atoms with van der Waals surface area (Å²) in [5.41, 5.74) is 2.32. The van der Waals surface area contributed by atoms with Gasteiger partial charge in [0, 0.05) is 12.4 Å². The molecule has 0 spiro atoms. The van der Waals surface area contributed by atoms with E-state index in [2.05, 4.69) is 28.5 Å². The maximum atomic E-state index is 5.53. The van der Waals surface area contributed by atoms with Gasteiger partial charge in [-0.05, 0) is 43.3 Å². The zero-order valence-corrected chi connectivity index (χ0v) is 10.8. The number of nitrogens with one attached hydrogen (secondary N) is 1. The first-order valence-electron chi connectivity index (χ1n) is 6.15. The van der Waals surface area contributed by atoms with Crippen molar-refractivity contribution in [2.45, 2.75) is 13.0 Å². The monoisotopic (exact) mass is 242 g/mol. The molecule has 2 aromatic rings. The van der Waals surface area contributed by atoms with Gasteiger partial charge in [0.25, 0.3) is 0 Å². The van der Waals surface area contributed by atoms with Crippen molar-refractivity contribution in [3.8, 4) is 5.75 Å². The van der Waals surface area contributed by atoms with Crippen LogP contribution in [0.25, 0.3) is 0 Å². The molecule has 0 fully saturated rings. The van der Waals surface area contributed by atoms with Crippen LogP contribution >= 0.6 is 0 Å². The summed E-state index contributed by atoms with van der Waals surface area (Å²) in [5.74, 6) is 0.902. The van der Waals surface area contributed by atoms with E-state index in [4.69, 9.17) is 4.74 Å². The SMILES string of the molecule is CCOc1cccc(C(NC)c2cccnc2)c1. The lowest BCUT2D eigenvalue weighted by atomic mass is 10.0. The van der Waals surface area contributed by atoms with Gasteiger partial charge < -0.3 is 10.1 Å². The van der Waals surface area contributed by atoms with E-state index in [1.807, 2.05) is 38.4 Å². The quantitative estimate of drug-likeness (QED) is 0.875. The Morgan fingerprint density at radius 3 is 2.72 bits per heavy atom. The third-order valence-electron chi connectivity index (χ3n) is 2.81. The maximum Gasteiger partial charge on any atom is 0.119 e. The third kappa shape index (κ3) is 2.87. The molecule has 1 unspecified atom stereocenters. The number of ether oxygens (including phenoxy) is 1. The second-order valence-corrected chi connectivity index (χ2v) is 4.01. The first-order chi connectivity index (χ1) is 8.85. The summed E-state index contributed by atoms with van der Waals surface area (Å²) in [6.07, 6.45) is 3.67. The van der Waals surface area contributed by atoms with Crippen molar-refractivity contribution in [3.63, 3.8) is 0 Å². The van der Waals surface area contributed by atoms with Gasteiger partial charge in [-0.25, -0.2) is 0 Å². The Labute approximate surface area is 108 Å². The zero-order chi connectivity index (χ0) is 12.8. The van der Waals surface area contributed by atoms with E-state index in [0.29, 0.717) is 6.61 Å². The van der Waals surface area contributed by atoms with Crippen LogP contribution in [0.5, 0.6) is 5.75 Å². The van der Waals surface area contributed by atoms with Gasteiger partial charge in [-0.2, -0.15) is 0 Å². The molecule has 0 bridgehead atoms. The first-order valence-corrected chi connectivity index (χ1v) is 6.15. The fourth-order valence-electron chi connectivity index (χ4n) is 2.02. The van der Waals surface area contributed by atoms with Crippen LogP contribution in [-0.2, 0) is 0 Å². The predicted molar refractivity (Wildman–Crippen MR) is 72.8 cm³/mol. The highest BCUT2D eigenvalue weighted by atomic mass is 16.5. The summed E-state index contributed by atoms with van der Waals surface area (Å²) in [5, 5.41) is 3.31. The van der Waals surface area contributed by atoms with Gasteiger partial charge in [-0.15, -0.1) is 0 Å². The fraction of sp³-hybridized carbons (Fsp3) is 0.267. The van der Waals surface area contributed by atoms with Crippen LogP contribution in [0.4, 0.5) is 0 Å². The third-order valence-corrected chi connectivity index (χ3v) is 2.81. The van der Waals surface area contributed by atoms with Crippen LogP contribution in [0.3, 0.4) is 0 Å². The summed E-state index contributed by atoms with van der Waals surface area (Å²) in [4.78, 5) is 4.17. The molecule has 1 N–H and O–H groups in total. The van der Waals surface area contributed by atoms with E-state index in [1.165, 1.54) is 5.56 Å². The normalized spacial score (nSPS) is 12.1. The molecule has 1 atom stereocenters. The van der Waals surface area contributed by atoms with Crippen LogP contribution in [0.15, 0.2) is 48.8 Å². The van der Waals surface area contributed by atoms with Gasteiger partial charge in [0.05, 0.1) is 12.6 Å². The van der Waals surface area contributed by atoms with Gasteiger partial charge in [-0.1, -0.05) is 18.2 Å². The number of benzene rings is 1. The van der Waals surface area contributed by atoms with Gasteiger partial charge in [0.1, 0.15) is 5.75 Å². The van der Waals surface area contributed by atoms with Crippen LogP contribution in [0.2, 0.25) is 0 Å². The Morgan fingerprint density at radius 1 is 1.22 bits per heavy atom. The summed E-state index contributed by atoms with van der Waals surface area (Å²) >= 11 is 0. The average molecular weight is 242 g/mol. The van der Waals surface area contributed by atoms with Gasteiger partial charge in [0.2, 0.25) is 0 Å². The Balaban J connectivity index is 2.30. The fourth-order valence-corrected chi connectivity index (χ4v) is 2.02. The van der Waals surface area contributed by atoms with Crippen molar-refractivity contribution in [3.05, 3.63) is 59.9 Å². The molecule has 18 heavy (non-hydrogen) atoms. The van der Waals surface area contributed by atoms with E-state index >= 15 is 0 Å². The van der Waals surface area contributed by atoms with Gasteiger partial charge in [0.15, 0.2) is 0 Å². The van der Waals surface area contributed by atoms with Gasteiger partial charge in [-0.3, -0.25) is 4.98 Å². The summed E-state index contributed by atoms with van der Waals surface area (Å²) < 4.78 is 5.53. The van der Waals surface area contributed by atoms with E-state index < -0.39 is 0 Å². The number of pyridine rings is 1. The van der Waals surface area contributed by atoms with Crippen LogP contribution in [-0.4, -0.2) is 18.6 Å². The van der Waals surface area contributed by atoms with E-state index in [0.717, 1.165) is 11.3 Å². The van der Waals surface area contributed by atoms with Crippen molar-refractivity contribution >= 4 is 0 Å². The number of rotatable bonds is 5. The highest BCUT2D eigenvalue weighted by Crippen LogP contribution is 2.24. The molecule has 1 aromatic heterocycles. The topological polar surface area (TPSA) is 34.1 Å². The minimum Gasteiger partial charge on any atom is -0.494 e. The lowest BCUT2D eigenvalue weighted by Gasteiger charge is -2.17. The molecule has 0 aliphatic rings. The minimum atomic E-state index is 0.138. The Hall–Kier alpha value is -1.87. The maximum absolute atomic E-state index is 5.53. The van der Waals surface area contributed by atoms with E-state index in [-0.39, 0.29) is 6.04 Å². The smallest absolute Gasteiger partial charge is 0.119 e. The number of hydrogen-bond acceptors (Lipinski definition) is 3. The Morgan fingerprint density at radius 2 is 2.06 bits per heavy atom. The van der Waals surface area contributed by atoms with Crippen LogP contribution in [0.1, 0.15) is 24.1 Å². The molecule has 0 saturated heterocycles. The van der Waals surface area contributed by atoms with Crippen molar-refractivity contribution in [1.82, 2.24) is 10.3 Å². The molecule has 0 aliphatic heterocycles. The molecule has 0 radical (unpaired) electrons. The Kier molecular flexibility index (Phi) is 4.31. The zero-order valence-electron chi connectivity index (χ0n) is 10.8. The highest BCUT2D eigenvalue weighted by Gasteiger charge is 2.12. The lowest BCUT2D eigenvalue weighted by Crippen LogP contribution is -2.17. The standard InChI is InChI=1S/C15H18N2O/c1-3-18-14-8-4-6-12(10-14)15(16-2)13-7-5-9-17-11-13/h4-11,15-16H,3H2,1-2H3. The molecule has 1 aromatic carbocycles. The lowest BCUT2D eigenvalue weighted by molar-refractivity contribution is 0.339. The molecule has 2 rings (SSSR count). The summed E-state index contributed by atoms with van der Waals surface area (Å²) in [6, 6.07) is 12.3. The number of nitrogens with zero attached hydrogens (tertiary/aromatic N) is 1. The first kappa shape index (κ1) is 12.6. The molecular formula is C15H18N2O. The second kappa shape index (κ2) is 6.17. The molecular weight excluding hydrogens is 224 g/mol. The average Bonchev–Trinajstić information content (AvgIpc) is 2.42. The van der Waals surface area contributed by atoms with Crippen molar-refractivity contribution in [2.75, 3.05) is 13.7 Å². The summed E-state index contributed by atoms with van der Waals surface area (Å²) in [6.45, 7) is 2.67. The van der Waals surface area contributed by atoms with Crippen molar-refractivity contribution in [2.24, 2.45) is 0 Å². The number of aromatic nitrogens is 1. The summed E-state index contributed by atoms with van der Waals surface area (Å²) in [7, 11) is 1.95. The molecule has 94 valence electrons. The molecule has 3 heteroatoms. The predicted octanol–water partition coefficient (Wildman–Crippen LogP) is 2.79. The molecule has 0 saturated carbocycles. The molecule has 0 amide bonds. The largest absolute Gasteiger partial charge is 0.494 e. The highest BCUT2D eigenvalue weighted by molar-refractivity contribution is 5.35. The second-order valence-electron chi connectivity index (χ2n) is 4.01. The molecule has 3 nitrogen and oxygen atoms in total. The van der Waals surface area contributed by atoms with Gasteiger partial charge >= 0.3 is 0 Å². The van der Waals surface area contributed by atoms with Crippen LogP contribution < -0.4 is 10.1 Å². The van der Waals surface area contributed by atoms with Crippen LogP contribution in [0, 0.1) is 0 Å². The van der Waals surface area contributed by atoms with E-state index in [1.54, 1.807) is 6.20 Å². The van der Waals surface area contributed by atoms with Crippen molar-refractivity contribution in [1.29, 1.82) is 0 Å². The van der Waals surface area contributed by atoms with Crippen molar-refractivity contribution < 1.29 is 4.74 Å².